The highest BCUT2D eigenvalue weighted by Gasteiger charge is 2.32. The van der Waals surface area contributed by atoms with Crippen LogP contribution in [0.3, 0.4) is 0 Å². The molecule has 26 heavy (non-hydrogen) atoms. The quantitative estimate of drug-likeness (QED) is 0.567. The minimum Gasteiger partial charge on any atom is -0.329 e. The van der Waals surface area contributed by atoms with Gasteiger partial charge >= 0.3 is 0 Å². The van der Waals surface area contributed by atoms with E-state index in [9.17, 15) is 0 Å². The van der Waals surface area contributed by atoms with Gasteiger partial charge in [0, 0.05) is 12.0 Å². The number of nitrogens with two attached hydrogens (primary N) is 1. The van der Waals surface area contributed by atoms with E-state index in [1.54, 1.807) is 0 Å². The molecule has 0 unspecified atom stereocenters. The lowest BCUT2D eigenvalue weighted by molar-refractivity contribution is 0.242. The highest BCUT2D eigenvalue weighted by Crippen LogP contribution is 2.35. The fourth-order valence-corrected chi connectivity index (χ4v) is 3.76. The van der Waals surface area contributed by atoms with Gasteiger partial charge in [0.15, 0.2) is 0 Å². The lowest BCUT2D eigenvalue weighted by atomic mass is 9.72. The first-order chi connectivity index (χ1) is 12.8. The summed E-state index contributed by atoms with van der Waals surface area (Å²) in [5.74, 6) is 0. The molecule has 0 saturated heterocycles. The second kappa shape index (κ2) is 11.2. The van der Waals surface area contributed by atoms with Crippen molar-refractivity contribution in [1.29, 1.82) is 0 Å². The zero-order valence-corrected chi connectivity index (χ0v) is 16.7. The van der Waals surface area contributed by atoms with E-state index in [0.717, 1.165) is 13.0 Å². The van der Waals surface area contributed by atoms with Crippen molar-refractivity contribution in [3.63, 3.8) is 0 Å². The molecule has 0 aliphatic carbocycles. The monoisotopic (exact) mass is 352 g/mol. The molecule has 2 aromatic carbocycles. The zero-order valence-electron chi connectivity index (χ0n) is 16.7. The third-order valence-corrected chi connectivity index (χ3v) is 5.51. The van der Waals surface area contributed by atoms with Crippen LogP contribution in [0.4, 0.5) is 0 Å². The second-order valence-electron chi connectivity index (χ2n) is 7.32. The molecule has 142 valence electrons. The third-order valence-electron chi connectivity index (χ3n) is 5.51. The van der Waals surface area contributed by atoms with Crippen molar-refractivity contribution in [2.75, 3.05) is 26.2 Å². The van der Waals surface area contributed by atoms with E-state index in [1.165, 1.54) is 49.9 Å². The number of unbranched alkanes of at least 4 members (excludes halogenated alkanes) is 2. The summed E-state index contributed by atoms with van der Waals surface area (Å²) in [6, 6.07) is 21.7. The normalized spacial score (nSPS) is 11.8. The van der Waals surface area contributed by atoms with Crippen LogP contribution in [0.2, 0.25) is 0 Å². The van der Waals surface area contributed by atoms with Crippen molar-refractivity contribution in [2.24, 2.45) is 5.73 Å². The Balaban J connectivity index is 2.26. The van der Waals surface area contributed by atoms with Crippen LogP contribution in [0.15, 0.2) is 60.7 Å². The number of rotatable bonds is 12. The molecule has 2 heteroatoms. The molecule has 0 aromatic heterocycles. The molecule has 2 aromatic rings. The van der Waals surface area contributed by atoms with Crippen molar-refractivity contribution in [3.8, 4) is 0 Å². The minimum atomic E-state index is -0.112. The number of benzene rings is 2. The molecule has 2 rings (SSSR count). The van der Waals surface area contributed by atoms with Gasteiger partial charge in [0.25, 0.3) is 0 Å². The van der Waals surface area contributed by atoms with Crippen LogP contribution < -0.4 is 5.73 Å². The van der Waals surface area contributed by atoms with Crippen LogP contribution in [-0.4, -0.2) is 31.1 Å². The molecule has 0 radical (unpaired) electrons. The van der Waals surface area contributed by atoms with E-state index >= 15 is 0 Å². The summed E-state index contributed by atoms with van der Waals surface area (Å²) in [7, 11) is 0. The highest BCUT2D eigenvalue weighted by atomic mass is 15.1. The minimum absolute atomic E-state index is 0.112. The average molecular weight is 353 g/mol. The predicted molar refractivity (Wildman–Crippen MR) is 114 cm³/mol. The van der Waals surface area contributed by atoms with Gasteiger partial charge in [-0.05, 0) is 50.0 Å². The van der Waals surface area contributed by atoms with E-state index in [0.29, 0.717) is 6.54 Å². The molecule has 0 bridgehead atoms. The number of hydrogen-bond acceptors (Lipinski definition) is 2. The van der Waals surface area contributed by atoms with Gasteiger partial charge < -0.3 is 10.6 Å². The van der Waals surface area contributed by atoms with Crippen LogP contribution in [-0.2, 0) is 5.41 Å². The van der Waals surface area contributed by atoms with Crippen molar-refractivity contribution >= 4 is 0 Å². The van der Waals surface area contributed by atoms with E-state index in [2.05, 4.69) is 79.4 Å². The lowest BCUT2D eigenvalue weighted by Crippen LogP contribution is -2.40. The molecule has 0 aliphatic rings. The first-order valence-electron chi connectivity index (χ1n) is 10.3. The Kier molecular flexibility index (Phi) is 8.87. The van der Waals surface area contributed by atoms with Crippen LogP contribution >= 0.6 is 0 Å². The molecular formula is C24H36N2. The summed E-state index contributed by atoms with van der Waals surface area (Å²) in [5.41, 5.74) is 8.99. The molecule has 2 nitrogen and oxygen atoms in total. The molecule has 0 atom stereocenters. The van der Waals surface area contributed by atoms with E-state index in [-0.39, 0.29) is 5.41 Å². The van der Waals surface area contributed by atoms with Crippen molar-refractivity contribution in [3.05, 3.63) is 71.8 Å². The van der Waals surface area contributed by atoms with Gasteiger partial charge in [-0.2, -0.15) is 0 Å². The van der Waals surface area contributed by atoms with Crippen molar-refractivity contribution in [1.82, 2.24) is 4.90 Å². The summed E-state index contributed by atoms with van der Waals surface area (Å²) in [4.78, 5) is 2.64. The van der Waals surface area contributed by atoms with Gasteiger partial charge in [0.1, 0.15) is 0 Å². The standard InChI is InChI=1S/C24H36N2/c1-3-5-18-26(19-6-4-2)20-17-24(21-25,22-13-9-7-10-14-22)23-15-11-8-12-16-23/h7-16H,3-6,17-21,25H2,1-2H3. The fourth-order valence-electron chi connectivity index (χ4n) is 3.76. The summed E-state index contributed by atoms with van der Waals surface area (Å²) >= 11 is 0. The molecule has 0 spiro atoms. The van der Waals surface area contributed by atoms with Gasteiger partial charge in [-0.15, -0.1) is 0 Å². The van der Waals surface area contributed by atoms with Crippen molar-refractivity contribution < 1.29 is 0 Å². The predicted octanol–water partition coefficient (Wildman–Crippen LogP) is 5.22. The first-order valence-corrected chi connectivity index (χ1v) is 10.3. The molecule has 0 aliphatic heterocycles. The Morgan fingerprint density at radius 1 is 0.731 bits per heavy atom. The Labute approximate surface area is 160 Å². The van der Waals surface area contributed by atoms with Gasteiger partial charge in [0.05, 0.1) is 0 Å². The summed E-state index contributed by atoms with van der Waals surface area (Å²) in [6.07, 6.45) is 6.11. The molecular weight excluding hydrogens is 316 g/mol. The molecule has 2 N–H and O–H groups in total. The van der Waals surface area contributed by atoms with Gasteiger partial charge in [-0.1, -0.05) is 87.4 Å². The van der Waals surface area contributed by atoms with Crippen LogP contribution in [0.1, 0.15) is 57.1 Å². The maximum atomic E-state index is 6.44. The summed E-state index contributed by atoms with van der Waals surface area (Å²) in [5, 5.41) is 0. The highest BCUT2D eigenvalue weighted by molar-refractivity contribution is 5.40. The summed E-state index contributed by atoms with van der Waals surface area (Å²) < 4.78 is 0. The van der Waals surface area contributed by atoms with Gasteiger partial charge in [0.2, 0.25) is 0 Å². The van der Waals surface area contributed by atoms with E-state index < -0.39 is 0 Å². The largest absolute Gasteiger partial charge is 0.329 e. The van der Waals surface area contributed by atoms with Crippen LogP contribution in [0.5, 0.6) is 0 Å². The zero-order chi connectivity index (χ0) is 18.7. The molecule has 0 saturated carbocycles. The van der Waals surface area contributed by atoms with Crippen molar-refractivity contribution in [2.45, 2.75) is 51.4 Å². The van der Waals surface area contributed by atoms with E-state index in [4.69, 9.17) is 5.73 Å². The van der Waals surface area contributed by atoms with Crippen LogP contribution in [0, 0.1) is 0 Å². The molecule has 0 heterocycles. The summed E-state index contributed by atoms with van der Waals surface area (Å²) in [6.45, 7) is 8.67. The number of hydrogen-bond donors (Lipinski definition) is 1. The van der Waals surface area contributed by atoms with Gasteiger partial charge in [-0.3, -0.25) is 0 Å². The smallest absolute Gasteiger partial charge is 0.0337 e. The third kappa shape index (κ3) is 5.43. The molecule has 0 fully saturated rings. The second-order valence-corrected chi connectivity index (χ2v) is 7.32. The van der Waals surface area contributed by atoms with Crippen LogP contribution in [0.25, 0.3) is 0 Å². The lowest BCUT2D eigenvalue weighted by Gasteiger charge is -2.36. The molecule has 0 amide bonds. The maximum Gasteiger partial charge on any atom is 0.0337 e. The number of nitrogens with zero attached hydrogens (tertiary/aromatic N) is 1. The van der Waals surface area contributed by atoms with Gasteiger partial charge in [-0.25, -0.2) is 0 Å². The Morgan fingerprint density at radius 3 is 1.58 bits per heavy atom. The average Bonchev–Trinajstić information content (AvgIpc) is 2.71. The SMILES string of the molecule is CCCCN(CCCC)CCC(CN)(c1ccccc1)c1ccccc1. The first kappa shape index (κ1) is 20.7. The maximum absolute atomic E-state index is 6.44. The Hall–Kier alpha value is -1.64. The Bertz CT molecular complexity index is 547. The topological polar surface area (TPSA) is 29.3 Å². The van der Waals surface area contributed by atoms with E-state index in [1.807, 2.05) is 0 Å². The fraction of sp³-hybridized carbons (Fsp3) is 0.500. The Morgan fingerprint density at radius 2 is 1.19 bits per heavy atom.